The van der Waals surface area contributed by atoms with Crippen LogP contribution in [0.25, 0.3) is 0 Å². The van der Waals surface area contributed by atoms with Gasteiger partial charge < -0.3 is 5.11 Å². The second kappa shape index (κ2) is 3.66. The molecule has 67 valence electrons. The normalized spacial score (nSPS) is 9.54. The molecule has 0 aromatic heterocycles. The maximum Gasteiger partial charge on any atom is 0.307 e. The molecule has 5 nitrogen and oxygen atoms in total. The Labute approximate surface area is 73.8 Å². The number of non-ortho nitro benzene ring substituents is 1. The number of benzene rings is 1. The van der Waals surface area contributed by atoms with Crippen LogP contribution in [0, 0.1) is 16.2 Å². The molecule has 0 bridgehead atoms. The summed E-state index contributed by atoms with van der Waals surface area (Å²) >= 11 is 0. The molecule has 0 unspecified atom stereocenters. The number of nitro benzene ring substituents is 1. The summed E-state index contributed by atoms with van der Waals surface area (Å²) in [5, 5.41) is 18.7. The maximum atomic E-state index is 10.3. The van der Waals surface area contributed by atoms with Crippen LogP contribution in [0.3, 0.4) is 0 Å². The molecule has 0 saturated heterocycles. The van der Waals surface area contributed by atoms with Crippen LogP contribution in [0.2, 0.25) is 0 Å². The molecule has 13 heavy (non-hydrogen) atoms. The Morgan fingerprint density at radius 2 is 2.38 bits per heavy atom. The lowest BCUT2D eigenvalue weighted by Crippen LogP contribution is -2.00. The Morgan fingerprint density at radius 1 is 1.69 bits per heavy atom. The van der Waals surface area contributed by atoms with E-state index in [9.17, 15) is 14.9 Å². The molecule has 1 rings (SSSR count). The number of carbonyl (C=O) groups is 1. The van der Waals surface area contributed by atoms with E-state index in [1.807, 2.05) is 0 Å². The van der Waals surface area contributed by atoms with Crippen LogP contribution >= 0.6 is 0 Å². The van der Waals surface area contributed by atoms with Crippen molar-refractivity contribution in [2.24, 2.45) is 0 Å². The van der Waals surface area contributed by atoms with Crippen LogP contribution in [0.4, 0.5) is 5.69 Å². The molecule has 1 aromatic carbocycles. The Hall–Kier alpha value is -1.91. The van der Waals surface area contributed by atoms with Gasteiger partial charge in [0.25, 0.3) is 5.69 Å². The van der Waals surface area contributed by atoms with Crippen molar-refractivity contribution in [3.8, 4) is 0 Å². The van der Waals surface area contributed by atoms with E-state index in [1.54, 1.807) is 0 Å². The second-order valence-corrected chi connectivity index (χ2v) is 2.40. The molecule has 0 saturated carbocycles. The molecule has 0 aliphatic carbocycles. The highest BCUT2D eigenvalue weighted by Gasteiger charge is 2.07. The van der Waals surface area contributed by atoms with Crippen molar-refractivity contribution in [3.63, 3.8) is 0 Å². The number of hydrogen-bond donors (Lipinski definition) is 1. The average molecular weight is 180 g/mol. The third-order valence-electron chi connectivity index (χ3n) is 1.40. The van der Waals surface area contributed by atoms with Crippen molar-refractivity contribution in [1.82, 2.24) is 0 Å². The predicted molar refractivity (Wildman–Crippen MR) is 43.3 cm³/mol. The van der Waals surface area contributed by atoms with Crippen LogP contribution in [0.5, 0.6) is 0 Å². The van der Waals surface area contributed by atoms with Gasteiger partial charge in [0.2, 0.25) is 0 Å². The van der Waals surface area contributed by atoms with Gasteiger partial charge in [-0.15, -0.1) is 0 Å². The van der Waals surface area contributed by atoms with Gasteiger partial charge in [0.1, 0.15) is 0 Å². The van der Waals surface area contributed by atoms with Gasteiger partial charge >= 0.3 is 5.97 Å². The van der Waals surface area contributed by atoms with E-state index < -0.39 is 10.9 Å². The molecule has 1 aromatic rings. The SMILES string of the molecule is O=C(O)Cc1[c]ccc([N+](=O)[O-])c1. The summed E-state index contributed by atoms with van der Waals surface area (Å²) in [6.07, 6.45) is -0.248. The second-order valence-electron chi connectivity index (χ2n) is 2.40. The quantitative estimate of drug-likeness (QED) is 0.556. The predicted octanol–water partition coefficient (Wildman–Crippen LogP) is 1.02. The number of nitro groups is 1. The summed E-state index contributed by atoms with van der Waals surface area (Å²) < 4.78 is 0. The van der Waals surface area contributed by atoms with Crippen molar-refractivity contribution in [2.45, 2.75) is 6.42 Å². The molecule has 0 fully saturated rings. The number of nitrogens with zero attached hydrogens (tertiary/aromatic N) is 1. The summed E-state index contributed by atoms with van der Waals surface area (Å²) in [5.74, 6) is -1.03. The minimum absolute atomic E-state index is 0.116. The van der Waals surface area contributed by atoms with E-state index in [-0.39, 0.29) is 12.1 Å². The van der Waals surface area contributed by atoms with Crippen molar-refractivity contribution >= 4 is 11.7 Å². The number of aliphatic carboxylic acids is 1. The smallest absolute Gasteiger partial charge is 0.307 e. The van der Waals surface area contributed by atoms with E-state index in [4.69, 9.17) is 5.11 Å². The lowest BCUT2D eigenvalue weighted by Gasteiger charge is -1.95. The van der Waals surface area contributed by atoms with Crippen LogP contribution in [-0.2, 0) is 11.2 Å². The first kappa shape index (κ1) is 9.18. The van der Waals surface area contributed by atoms with E-state index in [2.05, 4.69) is 6.07 Å². The highest BCUT2D eigenvalue weighted by Crippen LogP contribution is 2.12. The van der Waals surface area contributed by atoms with Gasteiger partial charge in [-0.1, -0.05) is 0 Å². The number of carboxylic acid groups (broad SMARTS) is 1. The number of hydrogen-bond acceptors (Lipinski definition) is 3. The summed E-state index contributed by atoms with van der Waals surface area (Å²) in [7, 11) is 0. The Bertz CT molecular complexity index is 348. The summed E-state index contributed by atoms with van der Waals surface area (Å²) in [4.78, 5) is 20.0. The van der Waals surface area contributed by atoms with E-state index >= 15 is 0 Å². The van der Waals surface area contributed by atoms with Crippen molar-refractivity contribution < 1.29 is 14.8 Å². The zero-order valence-electron chi connectivity index (χ0n) is 6.56. The van der Waals surface area contributed by atoms with Gasteiger partial charge in [-0.25, -0.2) is 0 Å². The zero-order valence-corrected chi connectivity index (χ0v) is 6.56. The molecular weight excluding hydrogens is 174 g/mol. The van der Waals surface area contributed by atoms with Crippen LogP contribution in [-0.4, -0.2) is 16.0 Å². The summed E-state index contributed by atoms with van der Waals surface area (Å²) in [6.45, 7) is 0. The fourth-order valence-corrected chi connectivity index (χ4v) is 0.881. The first-order chi connectivity index (χ1) is 6.09. The highest BCUT2D eigenvalue weighted by molar-refractivity contribution is 5.70. The largest absolute Gasteiger partial charge is 0.481 e. The van der Waals surface area contributed by atoms with Gasteiger partial charge in [-0.05, 0) is 17.7 Å². The van der Waals surface area contributed by atoms with Crippen LogP contribution in [0.15, 0.2) is 18.2 Å². The fourth-order valence-electron chi connectivity index (χ4n) is 0.881. The Kier molecular flexibility index (Phi) is 2.59. The number of rotatable bonds is 3. The Balaban J connectivity index is 2.91. The zero-order chi connectivity index (χ0) is 9.84. The number of carboxylic acids is 1. The van der Waals surface area contributed by atoms with Gasteiger partial charge in [0.05, 0.1) is 11.3 Å². The van der Waals surface area contributed by atoms with Crippen molar-refractivity contribution in [3.05, 3.63) is 39.9 Å². The molecule has 0 spiro atoms. The van der Waals surface area contributed by atoms with Crippen LogP contribution in [0.1, 0.15) is 5.56 Å². The standard InChI is InChI=1S/C8H6NO4/c10-8(11)5-6-2-1-3-7(4-6)9(12)13/h1,3-4H,5H2,(H,10,11). The monoisotopic (exact) mass is 180 g/mol. The average Bonchev–Trinajstić information content (AvgIpc) is 2.03. The minimum Gasteiger partial charge on any atom is -0.481 e. The molecule has 0 atom stereocenters. The van der Waals surface area contributed by atoms with Crippen molar-refractivity contribution in [2.75, 3.05) is 0 Å². The topological polar surface area (TPSA) is 80.4 Å². The summed E-state index contributed by atoms with van der Waals surface area (Å²) in [5.41, 5.74) is 0.191. The lowest BCUT2D eigenvalue weighted by molar-refractivity contribution is -0.384. The lowest BCUT2D eigenvalue weighted by atomic mass is 10.1. The Morgan fingerprint density at radius 3 is 2.92 bits per heavy atom. The minimum atomic E-state index is -1.03. The van der Waals surface area contributed by atoms with Crippen molar-refractivity contribution in [1.29, 1.82) is 0 Å². The molecule has 5 heteroatoms. The maximum absolute atomic E-state index is 10.3. The fraction of sp³-hybridized carbons (Fsp3) is 0.125. The first-order valence-electron chi connectivity index (χ1n) is 3.46. The van der Waals surface area contributed by atoms with Crippen LogP contribution < -0.4 is 0 Å². The molecule has 0 amide bonds. The van der Waals surface area contributed by atoms with Gasteiger partial charge in [0.15, 0.2) is 0 Å². The molecular formula is C8H6NO4. The molecule has 0 heterocycles. The third kappa shape index (κ3) is 2.55. The van der Waals surface area contributed by atoms with E-state index in [0.29, 0.717) is 5.56 Å². The molecule has 1 N–H and O–H groups in total. The molecule has 1 radical (unpaired) electrons. The first-order valence-corrected chi connectivity index (χ1v) is 3.46. The molecule has 0 aliphatic rings. The van der Waals surface area contributed by atoms with E-state index in [1.165, 1.54) is 18.2 Å². The van der Waals surface area contributed by atoms with Gasteiger partial charge in [0, 0.05) is 12.1 Å². The van der Waals surface area contributed by atoms with Gasteiger partial charge in [-0.2, -0.15) is 0 Å². The molecule has 0 aliphatic heterocycles. The summed E-state index contributed by atoms with van der Waals surface area (Å²) in [6, 6.07) is 6.43. The van der Waals surface area contributed by atoms with E-state index in [0.717, 1.165) is 0 Å². The van der Waals surface area contributed by atoms with Gasteiger partial charge in [-0.3, -0.25) is 14.9 Å². The third-order valence-corrected chi connectivity index (χ3v) is 1.40. The highest BCUT2D eigenvalue weighted by atomic mass is 16.6.